The number of carbonyl (C=O) groups is 1. The summed E-state index contributed by atoms with van der Waals surface area (Å²) in [5.74, 6) is -0.0833. The van der Waals surface area contributed by atoms with Gasteiger partial charge in [0.2, 0.25) is 0 Å². The van der Waals surface area contributed by atoms with Gasteiger partial charge >= 0.3 is 0 Å². The summed E-state index contributed by atoms with van der Waals surface area (Å²) in [6.07, 6.45) is 6.28. The zero-order valence-corrected chi connectivity index (χ0v) is 12.8. The van der Waals surface area contributed by atoms with Crippen molar-refractivity contribution in [2.24, 2.45) is 0 Å². The number of nitrogens with one attached hydrogen (secondary N) is 2. The molecule has 0 saturated heterocycles. The quantitative estimate of drug-likeness (QED) is 0.838. The molecule has 0 aliphatic heterocycles. The number of aromatic amines is 1. The number of pyridine rings is 1. The SMILES string of the molecule is CC(C)OC1CCC(NC(=O)c2ccc[nH]c2=S)CC1. The molecule has 4 nitrogen and oxygen atoms in total. The molecule has 1 heterocycles. The Balaban J connectivity index is 1.85. The van der Waals surface area contributed by atoms with E-state index in [0.29, 0.717) is 16.3 Å². The van der Waals surface area contributed by atoms with Crippen LogP contribution in [0.15, 0.2) is 18.3 Å². The highest BCUT2D eigenvalue weighted by molar-refractivity contribution is 7.71. The summed E-state index contributed by atoms with van der Waals surface area (Å²) in [6.45, 7) is 4.12. The standard InChI is InChI=1S/C15H22N2O2S/c1-10(2)19-12-7-5-11(6-8-12)17-14(18)13-4-3-9-16-15(13)20/h3-4,9-12H,5-8H2,1-2H3,(H,16,20)(H,17,18). The minimum Gasteiger partial charge on any atom is -0.376 e. The fourth-order valence-corrected chi connectivity index (χ4v) is 2.82. The summed E-state index contributed by atoms with van der Waals surface area (Å²) < 4.78 is 6.30. The minimum absolute atomic E-state index is 0.0833. The molecular formula is C15H22N2O2S. The van der Waals surface area contributed by atoms with Crippen LogP contribution in [-0.4, -0.2) is 29.1 Å². The second-order valence-corrected chi connectivity index (χ2v) is 5.95. The Morgan fingerprint density at radius 2 is 2.10 bits per heavy atom. The fraction of sp³-hybridized carbons (Fsp3) is 0.600. The molecule has 0 aromatic carbocycles. The third kappa shape index (κ3) is 4.15. The molecule has 1 amide bonds. The zero-order valence-electron chi connectivity index (χ0n) is 12.0. The van der Waals surface area contributed by atoms with Crippen molar-refractivity contribution in [1.29, 1.82) is 0 Å². The van der Waals surface area contributed by atoms with E-state index >= 15 is 0 Å². The highest BCUT2D eigenvalue weighted by Crippen LogP contribution is 2.22. The Morgan fingerprint density at radius 1 is 1.40 bits per heavy atom. The molecule has 2 N–H and O–H groups in total. The monoisotopic (exact) mass is 294 g/mol. The molecule has 5 heteroatoms. The average Bonchev–Trinajstić information content (AvgIpc) is 2.41. The Bertz CT molecular complexity index is 505. The molecule has 1 aliphatic carbocycles. The second kappa shape index (κ2) is 6.99. The molecule has 1 saturated carbocycles. The molecular weight excluding hydrogens is 272 g/mol. The van der Waals surface area contributed by atoms with Crippen molar-refractivity contribution in [1.82, 2.24) is 10.3 Å². The highest BCUT2D eigenvalue weighted by Gasteiger charge is 2.24. The molecule has 20 heavy (non-hydrogen) atoms. The Kier molecular flexibility index (Phi) is 5.31. The van der Waals surface area contributed by atoms with Crippen molar-refractivity contribution in [2.45, 2.75) is 57.8 Å². The van der Waals surface area contributed by atoms with Gasteiger partial charge in [-0.05, 0) is 51.7 Å². The van der Waals surface area contributed by atoms with Gasteiger partial charge in [-0.3, -0.25) is 4.79 Å². The van der Waals surface area contributed by atoms with Crippen molar-refractivity contribution in [3.63, 3.8) is 0 Å². The Hall–Kier alpha value is -1.20. The summed E-state index contributed by atoms with van der Waals surface area (Å²) in [6, 6.07) is 3.77. The van der Waals surface area contributed by atoms with Gasteiger partial charge in [0.25, 0.3) is 5.91 Å². The van der Waals surface area contributed by atoms with Crippen molar-refractivity contribution < 1.29 is 9.53 Å². The average molecular weight is 294 g/mol. The smallest absolute Gasteiger partial charge is 0.254 e. The number of hydrogen-bond donors (Lipinski definition) is 2. The van der Waals surface area contributed by atoms with Crippen LogP contribution in [0.2, 0.25) is 0 Å². The number of hydrogen-bond acceptors (Lipinski definition) is 3. The molecule has 1 aliphatic rings. The first kappa shape index (κ1) is 15.2. The number of aromatic nitrogens is 1. The van der Waals surface area contributed by atoms with Gasteiger partial charge in [-0.1, -0.05) is 12.2 Å². The second-order valence-electron chi connectivity index (χ2n) is 5.54. The van der Waals surface area contributed by atoms with E-state index in [1.165, 1.54) is 0 Å². The number of amides is 1. The third-order valence-corrected chi connectivity index (χ3v) is 3.87. The van der Waals surface area contributed by atoms with E-state index in [-0.39, 0.29) is 18.1 Å². The molecule has 0 unspecified atom stereocenters. The van der Waals surface area contributed by atoms with Gasteiger partial charge in [0.05, 0.1) is 17.8 Å². The van der Waals surface area contributed by atoms with Crippen LogP contribution >= 0.6 is 12.2 Å². The van der Waals surface area contributed by atoms with E-state index in [1.54, 1.807) is 18.3 Å². The highest BCUT2D eigenvalue weighted by atomic mass is 32.1. The summed E-state index contributed by atoms with van der Waals surface area (Å²) in [7, 11) is 0. The lowest BCUT2D eigenvalue weighted by Crippen LogP contribution is -2.39. The molecule has 2 rings (SSSR count). The van der Waals surface area contributed by atoms with Crippen LogP contribution in [0.5, 0.6) is 0 Å². The minimum atomic E-state index is -0.0833. The first-order valence-electron chi connectivity index (χ1n) is 7.20. The Labute approximate surface area is 124 Å². The van der Waals surface area contributed by atoms with E-state index in [0.717, 1.165) is 25.7 Å². The summed E-state index contributed by atoms with van der Waals surface area (Å²) >= 11 is 5.13. The van der Waals surface area contributed by atoms with Crippen LogP contribution < -0.4 is 5.32 Å². The molecule has 0 bridgehead atoms. The first-order valence-corrected chi connectivity index (χ1v) is 7.61. The van der Waals surface area contributed by atoms with Crippen LogP contribution in [0, 0.1) is 4.64 Å². The van der Waals surface area contributed by atoms with Gasteiger partial charge in [-0.2, -0.15) is 0 Å². The maximum absolute atomic E-state index is 12.2. The van der Waals surface area contributed by atoms with Gasteiger partial charge in [0.1, 0.15) is 4.64 Å². The van der Waals surface area contributed by atoms with Crippen LogP contribution in [0.1, 0.15) is 49.9 Å². The normalized spacial score (nSPS) is 22.8. The predicted molar refractivity (Wildman–Crippen MR) is 81.4 cm³/mol. The van der Waals surface area contributed by atoms with E-state index in [1.807, 2.05) is 0 Å². The van der Waals surface area contributed by atoms with Crippen LogP contribution in [-0.2, 0) is 4.74 Å². The molecule has 0 atom stereocenters. The van der Waals surface area contributed by atoms with Crippen molar-refractivity contribution in [3.05, 3.63) is 28.5 Å². The summed E-state index contributed by atoms with van der Waals surface area (Å²) in [5.41, 5.74) is 0.544. The number of ether oxygens (including phenoxy) is 1. The molecule has 1 aromatic heterocycles. The van der Waals surface area contributed by atoms with Gasteiger partial charge in [0, 0.05) is 12.2 Å². The summed E-state index contributed by atoms with van der Waals surface area (Å²) in [5, 5.41) is 3.07. The van der Waals surface area contributed by atoms with Gasteiger partial charge < -0.3 is 15.0 Å². The van der Waals surface area contributed by atoms with E-state index in [9.17, 15) is 4.79 Å². The maximum atomic E-state index is 12.2. The largest absolute Gasteiger partial charge is 0.376 e. The molecule has 0 spiro atoms. The Morgan fingerprint density at radius 3 is 2.70 bits per heavy atom. The number of H-pyrrole nitrogens is 1. The van der Waals surface area contributed by atoms with Crippen molar-refractivity contribution in [2.75, 3.05) is 0 Å². The maximum Gasteiger partial charge on any atom is 0.254 e. The summed E-state index contributed by atoms with van der Waals surface area (Å²) in [4.78, 5) is 15.0. The van der Waals surface area contributed by atoms with E-state index in [2.05, 4.69) is 24.1 Å². The van der Waals surface area contributed by atoms with Crippen LogP contribution in [0.3, 0.4) is 0 Å². The zero-order chi connectivity index (χ0) is 14.5. The first-order chi connectivity index (χ1) is 9.56. The fourth-order valence-electron chi connectivity index (χ4n) is 2.59. The van der Waals surface area contributed by atoms with Gasteiger partial charge in [-0.25, -0.2) is 0 Å². The molecule has 1 aromatic rings. The van der Waals surface area contributed by atoms with Crippen molar-refractivity contribution in [3.8, 4) is 0 Å². The molecule has 110 valence electrons. The number of carbonyl (C=O) groups excluding carboxylic acids is 1. The van der Waals surface area contributed by atoms with E-state index in [4.69, 9.17) is 17.0 Å². The van der Waals surface area contributed by atoms with Gasteiger partial charge in [-0.15, -0.1) is 0 Å². The lowest BCUT2D eigenvalue weighted by Gasteiger charge is -2.30. The topological polar surface area (TPSA) is 54.1 Å². The predicted octanol–water partition coefficient (Wildman–Crippen LogP) is 3.21. The number of rotatable bonds is 4. The van der Waals surface area contributed by atoms with Gasteiger partial charge in [0.15, 0.2) is 0 Å². The lowest BCUT2D eigenvalue weighted by molar-refractivity contribution is -0.0159. The lowest BCUT2D eigenvalue weighted by atomic mass is 9.92. The van der Waals surface area contributed by atoms with Crippen LogP contribution in [0.4, 0.5) is 0 Å². The molecule has 0 radical (unpaired) electrons. The van der Waals surface area contributed by atoms with Crippen molar-refractivity contribution >= 4 is 18.1 Å². The van der Waals surface area contributed by atoms with E-state index < -0.39 is 0 Å². The van der Waals surface area contributed by atoms with Crippen LogP contribution in [0.25, 0.3) is 0 Å². The molecule has 1 fully saturated rings. The third-order valence-electron chi connectivity index (χ3n) is 3.54.